The molecule has 0 aliphatic rings. The van der Waals surface area contributed by atoms with Crippen molar-refractivity contribution >= 4 is 34.4 Å². The van der Waals surface area contributed by atoms with Crippen LogP contribution in [0.15, 0.2) is 46.3 Å². The molecule has 3 aromatic rings. The number of carbonyl (C=O) groups excluding carboxylic acids is 1. The number of aryl methyl sites for hydroxylation is 1. The van der Waals surface area contributed by atoms with E-state index < -0.39 is 0 Å². The smallest absolute Gasteiger partial charge is 0.278 e. The molecule has 0 unspecified atom stereocenters. The maximum absolute atomic E-state index is 12.9. The third kappa shape index (κ3) is 3.83. The first-order chi connectivity index (χ1) is 12.5. The second kappa shape index (κ2) is 7.78. The van der Waals surface area contributed by atoms with E-state index in [0.29, 0.717) is 16.2 Å². The third-order valence-corrected chi connectivity index (χ3v) is 5.16. The molecule has 26 heavy (non-hydrogen) atoms. The maximum atomic E-state index is 12.9. The second-order valence-corrected chi connectivity index (χ2v) is 7.18. The lowest BCUT2D eigenvalue weighted by Crippen LogP contribution is -2.26. The van der Waals surface area contributed by atoms with E-state index in [0.717, 1.165) is 17.8 Å². The van der Waals surface area contributed by atoms with Gasteiger partial charge in [0.15, 0.2) is 5.16 Å². The van der Waals surface area contributed by atoms with E-state index >= 15 is 0 Å². The Kier molecular flexibility index (Phi) is 5.46. The van der Waals surface area contributed by atoms with Gasteiger partial charge in [0.05, 0.1) is 11.3 Å². The van der Waals surface area contributed by atoms with Crippen molar-refractivity contribution in [1.82, 2.24) is 14.5 Å². The second-order valence-electron chi connectivity index (χ2n) is 6.24. The number of nitrogens with one attached hydrogen (secondary N) is 2. The van der Waals surface area contributed by atoms with Gasteiger partial charge in [-0.25, -0.2) is 4.98 Å². The minimum Gasteiger partial charge on any atom is -0.353 e. The van der Waals surface area contributed by atoms with Crippen LogP contribution < -0.4 is 10.9 Å². The summed E-state index contributed by atoms with van der Waals surface area (Å²) in [5, 5.41) is 3.42. The highest BCUT2D eigenvalue weighted by Crippen LogP contribution is 2.23. The normalized spacial score (nSPS) is 12.3. The molecular formula is C19H22N4O2S. The summed E-state index contributed by atoms with van der Waals surface area (Å²) in [6.45, 7) is 5.91. The van der Waals surface area contributed by atoms with E-state index in [4.69, 9.17) is 0 Å². The zero-order valence-corrected chi connectivity index (χ0v) is 15.9. The Morgan fingerprint density at radius 2 is 2.08 bits per heavy atom. The molecular weight excluding hydrogens is 348 g/mol. The largest absolute Gasteiger partial charge is 0.353 e. The lowest BCUT2D eigenvalue weighted by Gasteiger charge is -2.17. The lowest BCUT2D eigenvalue weighted by molar-refractivity contribution is -0.113. The molecule has 1 atom stereocenters. The van der Waals surface area contributed by atoms with Crippen LogP contribution in [0.3, 0.4) is 0 Å². The van der Waals surface area contributed by atoms with Crippen LogP contribution in [-0.4, -0.2) is 26.2 Å². The number of aromatic amines is 1. The third-order valence-electron chi connectivity index (χ3n) is 4.21. The van der Waals surface area contributed by atoms with Crippen LogP contribution in [0.5, 0.6) is 0 Å². The van der Waals surface area contributed by atoms with Gasteiger partial charge in [0, 0.05) is 17.4 Å². The van der Waals surface area contributed by atoms with Gasteiger partial charge >= 0.3 is 0 Å². The molecule has 0 radical (unpaired) electrons. The molecule has 0 bridgehead atoms. The van der Waals surface area contributed by atoms with Crippen molar-refractivity contribution in [3.05, 3.63) is 52.4 Å². The van der Waals surface area contributed by atoms with Crippen molar-refractivity contribution in [3.63, 3.8) is 0 Å². The molecule has 2 N–H and O–H groups in total. The van der Waals surface area contributed by atoms with Crippen LogP contribution in [0.1, 0.15) is 32.0 Å². The van der Waals surface area contributed by atoms with Crippen molar-refractivity contribution in [3.8, 4) is 0 Å². The predicted octanol–water partition coefficient (Wildman–Crippen LogP) is 3.73. The summed E-state index contributed by atoms with van der Waals surface area (Å²) in [7, 11) is 0. The van der Waals surface area contributed by atoms with Gasteiger partial charge in [-0.05, 0) is 38.5 Å². The molecule has 1 amide bonds. The monoisotopic (exact) mass is 370 g/mol. The van der Waals surface area contributed by atoms with Gasteiger partial charge < -0.3 is 10.3 Å². The van der Waals surface area contributed by atoms with Gasteiger partial charge in [0.1, 0.15) is 5.52 Å². The highest BCUT2D eigenvalue weighted by atomic mass is 32.2. The molecule has 0 saturated carbocycles. The van der Waals surface area contributed by atoms with E-state index in [1.807, 2.05) is 57.2 Å². The van der Waals surface area contributed by atoms with Crippen LogP contribution in [-0.2, 0) is 4.79 Å². The van der Waals surface area contributed by atoms with E-state index in [1.165, 1.54) is 11.8 Å². The Morgan fingerprint density at radius 3 is 2.77 bits per heavy atom. The summed E-state index contributed by atoms with van der Waals surface area (Å²) in [5.41, 5.74) is 2.70. The minimum atomic E-state index is -0.128. The number of thioether (sulfide) groups is 1. The predicted molar refractivity (Wildman–Crippen MR) is 106 cm³/mol. The van der Waals surface area contributed by atoms with Crippen molar-refractivity contribution in [1.29, 1.82) is 0 Å². The highest BCUT2D eigenvalue weighted by molar-refractivity contribution is 7.99. The summed E-state index contributed by atoms with van der Waals surface area (Å²) in [5.74, 6) is 0.0589. The highest BCUT2D eigenvalue weighted by Gasteiger charge is 2.18. The van der Waals surface area contributed by atoms with Gasteiger partial charge in [-0.2, -0.15) is 0 Å². The fraction of sp³-hybridized carbons (Fsp3) is 0.316. The molecule has 2 aromatic heterocycles. The van der Waals surface area contributed by atoms with Crippen LogP contribution in [0.4, 0.5) is 5.69 Å². The molecule has 2 heterocycles. The first-order valence-electron chi connectivity index (χ1n) is 8.59. The average molecular weight is 370 g/mol. The summed E-state index contributed by atoms with van der Waals surface area (Å²) in [4.78, 5) is 32.8. The molecule has 3 rings (SSSR count). The minimum absolute atomic E-state index is 0.00249. The van der Waals surface area contributed by atoms with E-state index in [2.05, 4.69) is 15.3 Å². The SMILES string of the molecule is CC[C@H](C)n1c(SCC(=O)Nc2ccccc2)nc2cc(C)[nH]c2c1=O. The van der Waals surface area contributed by atoms with Gasteiger partial charge in [-0.15, -0.1) is 0 Å². The molecule has 6 nitrogen and oxygen atoms in total. The van der Waals surface area contributed by atoms with Crippen molar-refractivity contribution in [2.45, 2.75) is 38.4 Å². The molecule has 7 heteroatoms. The molecule has 0 aliphatic carbocycles. The van der Waals surface area contributed by atoms with E-state index in [-0.39, 0.29) is 23.3 Å². The summed E-state index contributed by atoms with van der Waals surface area (Å²) in [6.07, 6.45) is 0.802. The van der Waals surface area contributed by atoms with Gasteiger partial charge in [-0.3, -0.25) is 14.2 Å². The van der Waals surface area contributed by atoms with Gasteiger partial charge in [-0.1, -0.05) is 36.9 Å². The van der Waals surface area contributed by atoms with Crippen LogP contribution in [0.2, 0.25) is 0 Å². The fourth-order valence-electron chi connectivity index (χ4n) is 2.71. The van der Waals surface area contributed by atoms with Gasteiger partial charge in [0.25, 0.3) is 5.56 Å². The number of aromatic nitrogens is 3. The van der Waals surface area contributed by atoms with Gasteiger partial charge in [0.2, 0.25) is 5.91 Å². The number of para-hydroxylation sites is 1. The van der Waals surface area contributed by atoms with Crippen molar-refractivity contribution in [2.24, 2.45) is 0 Å². The quantitative estimate of drug-likeness (QED) is 0.512. The molecule has 0 fully saturated rings. The Morgan fingerprint density at radius 1 is 1.35 bits per heavy atom. The van der Waals surface area contributed by atoms with E-state index in [1.54, 1.807) is 4.57 Å². The number of amides is 1. The standard InChI is InChI=1S/C19H22N4O2S/c1-4-13(3)23-18(25)17-15(10-12(2)20-17)22-19(23)26-11-16(24)21-14-8-6-5-7-9-14/h5-10,13,20H,4,11H2,1-3H3,(H,21,24)/t13-/m0/s1. The Hall–Kier alpha value is -2.54. The number of nitrogens with zero attached hydrogens (tertiary/aromatic N) is 2. The van der Waals surface area contributed by atoms with Crippen LogP contribution in [0, 0.1) is 6.92 Å². The maximum Gasteiger partial charge on any atom is 0.278 e. The summed E-state index contributed by atoms with van der Waals surface area (Å²) in [6, 6.07) is 11.2. The first kappa shape index (κ1) is 18.3. The molecule has 136 valence electrons. The molecule has 1 aromatic carbocycles. The zero-order chi connectivity index (χ0) is 18.7. The summed E-state index contributed by atoms with van der Waals surface area (Å²) >= 11 is 1.28. The number of hydrogen-bond acceptors (Lipinski definition) is 4. The summed E-state index contributed by atoms with van der Waals surface area (Å²) < 4.78 is 1.68. The van der Waals surface area contributed by atoms with Crippen molar-refractivity contribution in [2.75, 3.05) is 11.1 Å². The zero-order valence-electron chi connectivity index (χ0n) is 15.1. The van der Waals surface area contributed by atoms with Crippen LogP contribution >= 0.6 is 11.8 Å². The first-order valence-corrected chi connectivity index (χ1v) is 9.57. The average Bonchev–Trinajstić information content (AvgIpc) is 3.01. The topological polar surface area (TPSA) is 79.8 Å². The number of hydrogen-bond donors (Lipinski definition) is 2. The van der Waals surface area contributed by atoms with Crippen LogP contribution in [0.25, 0.3) is 11.0 Å². The molecule has 0 spiro atoms. The Bertz CT molecular complexity index is 978. The number of rotatable bonds is 6. The number of benzene rings is 1. The fourth-order valence-corrected chi connectivity index (χ4v) is 3.61. The number of H-pyrrole nitrogens is 1. The Balaban J connectivity index is 1.86. The lowest BCUT2D eigenvalue weighted by atomic mass is 10.2. The number of anilines is 1. The number of carbonyl (C=O) groups is 1. The molecule has 0 aliphatic heterocycles. The molecule has 0 saturated heterocycles. The number of fused-ring (bicyclic) bond motifs is 1. The van der Waals surface area contributed by atoms with E-state index in [9.17, 15) is 9.59 Å². The van der Waals surface area contributed by atoms with Crippen molar-refractivity contribution < 1.29 is 4.79 Å². The Labute approximate surface area is 156 Å².